The summed E-state index contributed by atoms with van der Waals surface area (Å²) >= 11 is 0. The fraction of sp³-hybridized carbons (Fsp3) is 0.810. The topological polar surface area (TPSA) is 27.7 Å². The predicted octanol–water partition coefficient (Wildman–Crippen LogP) is 6.29. The summed E-state index contributed by atoms with van der Waals surface area (Å²) in [5.41, 5.74) is 5.07. The maximum absolute atomic E-state index is 5.95. The predicted molar refractivity (Wildman–Crippen MR) is 109 cm³/mol. The van der Waals surface area contributed by atoms with Crippen molar-refractivity contribution in [2.45, 2.75) is 86.6 Å². The van der Waals surface area contributed by atoms with Crippen LogP contribution >= 0.6 is 0 Å². The summed E-state index contributed by atoms with van der Waals surface area (Å²) in [4.78, 5) is 0. The molecule has 1 aliphatic rings. The van der Waals surface area contributed by atoms with Crippen molar-refractivity contribution < 1.29 is 13.3 Å². The van der Waals surface area contributed by atoms with E-state index in [0.717, 1.165) is 12.5 Å². The van der Waals surface area contributed by atoms with Crippen molar-refractivity contribution in [2.24, 2.45) is 5.41 Å². The third-order valence-corrected chi connectivity index (χ3v) is 8.14. The molecule has 3 nitrogen and oxygen atoms in total. The van der Waals surface area contributed by atoms with Gasteiger partial charge in [-0.2, -0.15) is 0 Å². The molecule has 0 N–H and O–H groups in total. The monoisotopic (exact) mass is 368 g/mol. The van der Waals surface area contributed by atoms with Crippen LogP contribution in [0, 0.1) is 5.41 Å². The molecule has 0 atom stereocenters. The molecular weight excluding hydrogens is 328 g/mol. The van der Waals surface area contributed by atoms with Crippen molar-refractivity contribution >= 4 is 8.80 Å². The molecule has 0 aromatic rings. The van der Waals surface area contributed by atoms with Crippen LogP contribution in [0.3, 0.4) is 0 Å². The lowest BCUT2D eigenvalue weighted by molar-refractivity contribution is 0.0742. The standard InChI is InChI=1S/C21H40O3Si/c1-8-22-25(23-9-2,24-10-3)17-15-18(4)13-14-20-19(5)12-11-16-21(20,6)7/h15H,8-14,16-17H2,1-7H3/b18-15+. The minimum absolute atomic E-state index is 0.364. The molecule has 0 amide bonds. The van der Waals surface area contributed by atoms with Gasteiger partial charge in [0.25, 0.3) is 0 Å². The minimum atomic E-state index is -2.56. The second kappa shape index (κ2) is 10.7. The molecule has 0 fully saturated rings. The molecule has 0 spiro atoms. The van der Waals surface area contributed by atoms with Gasteiger partial charge in [0.2, 0.25) is 0 Å². The Bertz CT molecular complexity index is 449. The fourth-order valence-corrected chi connectivity index (χ4v) is 6.43. The van der Waals surface area contributed by atoms with Crippen molar-refractivity contribution in [3.8, 4) is 0 Å². The maximum atomic E-state index is 5.95. The first-order valence-corrected chi connectivity index (χ1v) is 12.0. The molecule has 0 bridgehead atoms. The Balaban J connectivity index is 2.73. The van der Waals surface area contributed by atoms with Gasteiger partial charge in [-0.15, -0.1) is 0 Å². The summed E-state index contributed by atoms with van der Waals surface area (Å²) in [7, 11) is -2.56. The Morgan fingerprint density at radius 1 is 1.08 bits per heavy atom. The molecule has 0 heterocycles. The van der Waals surface area contributed by atoms with Gasteiger partial charge in [-0.05, 0) is 72.1 Å². The summed E-state index contributed by atoms with van der Waals surface area (Å²) in [6, 6.07) is 0.774. The molecule has 25 heavy (non-hydrogen) atoms. The molecule has 0 saturated carbocycles. The lowest BCUT2D eigenvalue weighted by atomic mass is 9.71. The number of rotatable bonds is 11. The van der Waals surface area contributed by atoms with Gasteiger partial charge in [0.05, 0.1) is 0 Å². The van der Waals surface area contributed by atoms with E-state index in [9.17, 15) is 0 Å². The molecule has 1 rings (SSSR count). The average Bonchev–Trinajstić information content (AvgIpc) is 2.52. The Morgan fingerprint density at radius 3 is 2.12 bits per heavy atom. The Kier molecular flexibility index (Phi) is 9.64. The summed E-state index contributed by atoms with van der Waals surface area (Å²) in [6.45, 7) is 17.3. The van der Waals surface area contributed by atoms with Crippen LogP contribution in [-0.2, 0) is 13.3 Å². The van der Waals surface area contributed by atoms with E-state index < -0.39 is 8.80 Å². The van der Waals surface area contributed by atoms with Crippen LogP contribution in [0.25, 0.3) is 0 Å². The van der Waals surface area contributed by atoms with Crippen molar-refractivity contribution in [1.29, 1.82) is 0 Å². The van der Waals surface area contributed by atoms with E-state index >= 15 is 0 Å². The van der Waals surface area contributed by atoms with Crippen LogP contribution in [0.1, 0.15) is 80.6 Å². The van der Waals surface area contributed by atoms with E-state index in [4.69, 9.17) is 13.3 Å². The molecule has 0 unspecified atom stereocenters. The number of hydrogen-bond acceptors (Lipinski definition) is 3. The Morgan fingerprint density at radius 2 is 1.64 bits per heavy atom. The van der Waals surface area contributed by atoms with Gasteiger partial charge in [-0.25, -0.2) is 0 Å². The van der Waals surface area contributed by atoms with E-state index in [0.29, 0.717) is 25.2 Å². The van der Waals surface area contributed by atoms with Gasteiger partial charge in [0.1, 0.15) is 0 Å². The second-order valence-corrected chi connectivity index (χ2v) is 10.4. The van der Waals surface area contributed by atoms with Gasteiger partial charge in [-0.3, -0.25) is 0 Å². The first-order chi connectivity index (χ1) is 11.8. The van der Waals surface area contributed by atoms with Gasteiger partial charge >= 0.3 is 8.80 Å². The zero-order valence-electron chi connectivity index (χ0n) is 17.7. The van der Waals surface area contributed by atoms with E-state index in [1.807, 2.05) is 20.8 Å². The van der Waals surface area contributed by atoms with Gasteiger partial charge in [-0.1, -0.05) is 36.6 Å². The fourth-order valence-electron chi connectivity index (χ4n) is 3.91. The molecular formula is C21H40O3Si. The molecule has 0 aromatic carbocycles. The lowest BCUT2D eigenvalue weighted by Crippen LogP contribution is -2.45. The Labute approximate surface area is 157 Å². The maximum Gasteiger partial charge on any atom is 0.504 e. The van der Waals surface area contributed by atoms with E-state index in [-0.39, 0.29) is 0 Å². The third kappa shape index (κ3) is 7.01. The first kappa shape index (κ1) is 22.6. The third-order valence-electron chi connectivity index (χ3n) is 5.25. The van der Waals surface area contributed by atoms with Gasteiger partial charge in [0.15, 0.2) is 0 Å². The quantitative estimate of drug-likeness (QED) is 0.317. The van der Waals surface area contributed by atoms with Crippen molar-refractivity contribution in [3.63, 3.8) is 0 Å². The van der Waals surface area contributed by atoms with Crippen LogP contribution in [0.15, 0.2) is 22.8 Å². The summed E-state index contributed by atoms with van der Waals surface area (Å²) in [6.07, 6.45) is 8.51. The summed E-state index contributed by atoms with van der Waals surface area (Å²) < 4.78 is 17.8. The summed E-state index contributed by atoms with van der Waals surface area (Å²) in [5.74, 6) is 0. The molecule has 1 aliphatic carbocycles. The SMILES string of the molecule is CCO[Si](C/C=C(\C)CCC1=C(C)CCCC1(C)C)(OCC)OCC. The van der Waals surface area contributed by atoms with Crippen LogP contribution in [0.4, 0.5) is 0 Å². The van der Waals surface area contributed by atoms with E-state index in [2.05, 4.69) is 33.8 Å². The van der Waals surface area contributed by atoms with Crippen LogP contribution in [-0.4, -0.2) is 28.6 Å². The molecule has 0 aromatic heterocycles. The van der Waals surface area contributed by atoms with Crippen LogP contribution in [0.2, 0.25) is 6.04 Å². The molecule has 0 saturated heterocycles. The second-order valence-electron chi connectivity index (χ2n) is 7.73. The highest BCUT2D eigenvalue weighted by atomic mass is 28.4. The smallest absolute Gasteiger partial charge is 0.374 e. The zero-order chi connectivity index (χ0) is 18.9. The largest absolute Gasteiger partial charge is 0.504 e. The highest BCUT2D eigenvalue weighted by Gasteiger charge is 2.39. The summed E-state index contributed by atoms with van der Waals surface area (Å²) in [5, 5.41) is 0. The first-order valence-electron chi connectivity index (χ1n) is 10.1. The highest BCUT2D eigenvalue weighted by molar-refractivity contribution is 6.61. The van der Waals surface area contributed by atoms with Gasteiger partial charge < -0.3 is 13.3 Å². The molecule has 146 valence electrons. The molecule has 4 heteroatoms. The lowest BCUT2D eigenvalue weighted by Gasteiger charge is -2.35. The van der Waals surface area contributed by atoms with Crippen LogP contribution < -0.4 is 0 Å². The van der Waals surface area contributed by atoms with Crippen LogP contribution in [0.5, 0.6) is 0 Å². The normalized spacial score (nSPS) is 18.8. The minimum Gasteiger partial charge on any atom is -0.374 e. The average molecular weight is 369 g/mol. The van der Waals surface area contributed by atoms with E-state index in [1.165, 1.54) is 31.3 Å². The highest BCUT2D eigenvalue weighted by Crippen LogP contribution is 2.42. The van der Waals surface area contributed by atoms with Gasteiger partial charge in [0, 0.05) is 25.9 Å². The number of hydrogen-bond donors (Lipinski definition) is 0. The zero-order valence-corrected chi connectivity index (χ0v) is 18.7. The Hall–Kier alpha value is -0.423. The van der Waals surface area contributed by atoms with E-state index in [1.54, 1.807) is 11.1 Å². The van der Waals surface area contributed by atoms with Crippen molar-refractivity contribution in [2.75, 3.05) is 19.8 Å². The van der Waals surface area contributed by atoms with Crippen molar-refractivity contribution in [3.05, 3.63) is 22.8 Å². The number of allylic oxidation sites excluding steroid dienone is 4. The molecule has 0 radical (unpaired) electrons. The molecule has 0 aliphatic heterocycles. The van der Waals surface area contributed by atoms with Crippen molar-refractivity contribution in [1.82, 2.24) is 0 Å².